The van der Waals surface area contributed by atoms with Crippen LogP contribution in [0.5, 0.6) is 0 Å². The first-order valence-electron chi connectivity index (χ1n) is 7.27. The summed E-state index contributed by atoms with van der Waals surface area (Å²) in [5.41, 5.74) is 0.911. The lowest BCUT2D eigenvalue weighted by Gasteiger charge is -2.22. The van der Waals surface area contributed by atoms with Gasteiger partial charge < -0.3 is 24.1 Å². The zero-order valence-corrected chi connectivity index (χ0v) is 13.0. The summed E-state index contributed by atoms with van der Waals surface area (Å²) in [5.74, 6) is -1.11. The third-order valence-electron chi connectivity index (χ3n) is 3.31. The average Bonchev–Trinajstić information content (AvgIpc) is 2.82. The summed E-state index contributed by atoms with van der Waals surface area (Å²) in [5, 5.41) is 9.39. The van der Waals surface area contributed by atoms with E-state index >= 15 is 0 Å². The predicted molar refractivity (Wildman–Crippen MR) is 78.1 cm³/mol. The monoisotopic (exact) mass is 324 g/mol. The maximum absolute atomic E-state index is 11.3. The summed E-state index contributed by atoms with van der Waals surface area (Å²) < 4.78 is 21.5. The van der Waals surface area contributed by atoms with E-state index in [2.05, 4.69) is 0 Å². The van der Waals surface area contributed by atoms with Crippen molar-refractivity contribution in [3.8, 4) is 0 Å². The molecular formula is C16H20O7. The van der Waals surface area contributed by atoms with E-state index in [9.17, 15) is 14.7 Å². The molecule has 7 nitrogen and oxygen atoms in total. The number of ether oxygens (including phenoxy) is 4. The highest BCUT2D eigenvalue weighted by Gasteiger charge is 2.49. The van der Waals surface area contributed by atoms with E-state index in [4.69, 9.17) is 18.9 Å². The van der Waals surface area contributed by atoms with Gasteiger partial charge in [-0.25, -0.2) is 0 Å². The van der Waals surface area contributed by atoms with Gasteiger partial charge in [0.1, 0.15) is 6.10 Å². The van der Waals surface area contributed by atoms with Gasteiger partial charge in [-0.1, -0.05) is 30.3 Å². The number of hydrogen-bond acceptors (Lipinski definition) is 7. The molecule has 1 aromatic carbocycles. The maximum atomic E-state index is 11.3. The number of esters is 2. The number of hydrogen-bond donors (Lipinski definition) is 1. The largest absolute Gasteiger partial charge is 0.455 e. The van der Waals surface area contributed by atoms with E-state index in [1.807, 2.05) is 30.3 Å². The van der Waals surface area contributed by atoms with Crippen molar-refractivity contribution in [2.45, 2.75) is 45.1 Å². The number of carbonyl (C=O) groups excluding carboxylic acids is 2. The van der Waals surface area contributed by atoms with Crippen LogP contribution in [-0.2, 0) is 35.1 Å². The first-order valence-corrected chi connectivity index (χ1v) is 7.27. The Morgan fingerprint density at radius 3 is 2.26 bits per heavy atom. The molecule has 2 rings (SSSR count). The van der Waals surface area contributed by atoms with Gasteiger partial charge in [0.25, 0.3) is 0 Å². The molecule has 0 aliphatic carbocycles. The lowest BCUT2D eigenvalue weighted by atomic mass is 10.1. The Morgan fingerprint density at radius 2 is 1.70 bits per heavy atom. The number of rotatable bonds is 6. The van der Waals surface area contributed by atoms with Crippen LogP contribution in [0.2, 0.25) is 0 Å². The predicted octanol–water partition coefficient (Wildman–Crippen LogP) is 0.784. The zero-order valence-electron chi connectivity index (χ0n) is 13.0. The molecule has 0 unspecified atom stereocenters. The molecule has 1 aromatic rings. The van der Waals surface area contributed by atoms with Crippen molar-refractivity contribution in [2.24, 2.45) is 0 Å². The Labute approximate surface area is 134 Å². The van der Waals surface area contributed by atoms with Crippen molar-refractivity contribution in [1.29, 1.82) is 0 Å². The summed E-state index contributed by atoms with van der Waals surface area (Å²) in [7, 11) is 0. The second-order valence-corrected chi connectivity index (χ2v) is 5.17. The lowest BCUT2D eigenvalue weighted by Crippen LogP contribution is -2.41. The molecule has 7 heteroatoms. The molecule has 1 saturated heterocycles. The highest BCUT2D eigenvalue weighted by molar-refractivity contribution is 5.67. The Balaban J connectivity index is 2.08. The van der Waals surface area contributed by atoms with E-state index in [-0.39, 0.29) is 13.2 Å². The van der Waals surface area contributed by atoms with Crippen LogP contribution in [0.4, 0.5) is 0 Å². The van der Waals surface area contributed by atoms with Gasteiger partial charge in [-0.15, -0.1) is 0 Å². The first-order chi connectivity index (χ1) is 11.0. The summed E-state index contributed by atoms with van der Waals surface area (Å²) in [6, 6.07) is 9.38. The molecule has 0 aromatic heterocycles. The van der Waals surface area contributed by atoms with Crippen LogP contribution in [0.15, 0.2) is 30.3 Å². The average molecular weight is 324 g/mol. The second kappa shape index (κ2) is 8.05. The fourth-order valence-corrected chi connectivity index (χ4v) is 2.38. The van der Waals surface area contributed by atoms with Crippen LogP contribution < -0.4 is 0 Å². The van der Waals surface area contributed by atoms with Crippen LogP contribution >= 0.6 is 0 Å². The van der Waals surface area contributed by atoms with Crippen LogP contribution in [0, 0.1) is 0 Å². The Kier molecular flexibility index (Phi) is 6.09. The number of benzene rings is 1. The minimum atomic E-state index is -0.933. The van der Waals surface area contributed by atoms with Gasteiger partial charge in [-0.05, 0) is 5.56 Å². The molecule has 0 bridgehead atoms. The summed E-state index contributed by atoms with van der Waals surface area (Å²) >= 11 is 0. The third kappa shape index (κ3) is 4.75. The number of aliphatic hydroxyl groups excluding tert-OH is 1. The third-order valence-corrected chi connectivity index (χ3v) is 3.31. The topological polar surface area (TPSA) is 91.3 Å². The summed E-state index contributed by atoms with van der Waals surface area (Å²) in [6.07, 6.45) is -3.59. The van der Waals surface area contributed by atoms with Gasteiger partial charge in [-0.3, -0.25) is 9.59 Å². The van der Waals surface area contributed by atoms with E-state index < -0.39 is 36.5 Å². The van der Waals surface area contributed by atoms with Crippen molar-refractivity contribution in [1.82, 2.24) is 0 Å². The van der Waals surface area contributed by atoms with Crippen LogP contribution in [0.3, 0.4) is 0 Å². The van der Waals surface area contributed by atoms with Gasteiger partial charge in [0.05, 0.1) is 13.2 Å². The maximum Gasteiger partial charge on any atom is 0.303 e. The molecule has 1 aliphatic rings. The summed E-state index contributed by atoms with van der Waals surface area (Å²) in [4.78, 5) is 22.5. The van der Waals surface area contributed by atoms with Crippen molar-refractivity contribution >= 4 is 11.9 Å². The van der Waals surface area contributed by atoms with Crippen molar-refractivity contribution in [3.05, 3.63) is 35.9 Å². The zero-order chi connectivity index (χ0) is 16.8. The van der Waals surface area contributed by atoms with Gasteiger partial charge in [0, 0.05) is 13.8 Å². The Morgan fingerprint density at radius 1 is 1.09 bits per heavy atom. The van der Waals surface area contributed by atoms with Gasteiger partial charge >= 0.3 is 11.9 Å². The molecule has 0 saturated carbocycles. The van der Waals surface area contributed by atoms with Gasteiger partial charge in [0.2, 0.25) is 0 Å². The molecule has 126 valence electrons. The SMILES string of the molecule is CC(=O)O[C@@H]1[C@H](OCc2ccccc2)O[C@H](CO)[C@H]1OC(C)=O. The van der Waals surface area contributed by atoms with Crippen molar-refractivity contribution < 1.29 is 33.6 Å². The van der Waals surface area contributed by atoms with E-state index in [0.717, 1.165) is 5.56 Å². The molecule has 1 heterocycles. The summed E-state index contributed by atoms with van der Waals surface area (Å²) in [6.45, 7) is 2.32. The van der Waals surface area contributed by atoms with E-state index in [0.29, 0.717) is 0 Å². The fraction of sp³-hybridized carbons (Fsp3) is 0.500. The molecule has 1 aliphatic heterocycles. The molecule has 0 spiro atoms. The van der Waals surface area contributed by atoms with Gasteiger partial charge in [0.15, 0.2) is 18.5 Å². The van der Waals surface area contributed by atoms with E-state index in [1.165, 1.54) is 13.8 Å². The quantitative estimate of drug-likeness (QED) is 0.773. The molecule has 0 amide bonds. The lowest BCUT2D eigenvalue weighted by molar-refractivity contribution is -0.193. The van der Waals surface area contributed by atoms with Crippen molar-refractivity contribution in [3.63, 3.8) is 0 Å². The fourth-order valence-electron chi connectivity index (χ4n) is 2.38. The standard InChI is InChI=1S/C16H20O7/c1-10(18)21-14-13(8-17)23-16(15(14)22-11(2)19)20-9-12-6-4-3-5-7-12/h3-7,13-17H,8-9H2,1-2H3/t13-,14-,15+,16-/m1/s1. The Bertz CT molecular complexity index is 530. The molecule has 4 atom stereocenters. The second-order valence-electron chi connectivity index (χ2n) is 5.17. The highest BCUT2D eigenvalue weighted by Crippen LogP contribution is 2.28. The first kappa shape index (κ1) is 17.4. The molecule has 0 radical (unpaired) electrons. The van der Waals surface area contributed by atoms with Gasteiger partial charge in [-0.2, -0.15) is 0 Å². The van der Waals surface area contributed by atoms with Crippen LogP contribution in [0.1, 0.15) is 19.4 Å². The van der Waals surface area contributed by atoms with Crippen LogP contribution in [0.25, 0.3) is 0 Å². The minimum absolute atomic E-state index is 0.230. The minimum Gasteiger partial charge on any atom is -0.455 e. The molecule has 1 N–H and O–H groups in total. The van der Waals surface area contributed by atoms with E-state index in [1.54, 1.807) is 0 Å². The van der Waals surface area contributed by atoms with Crippen LogP contribution in [-0.4, -0.2) is 48.3 Å². The highest BCUT2D eigenvalue weighted by atomic mass is 16.7. The molecule has 23 heavy (non-hydrogen) atoms. The molecular weight excluding hydrogens is 304 g/mol. The Hall–Kier alpha value is -1.96. The number of carbonyl (C=O) groups is 2. The normalized spacial score (nSPS) is 26.7. The smallest absolute Gasteiger partial charge is 0.303 e. The van der Waals surface area contributed by atoms with Crippen molar-refractivity contribution in [2.75, 3.05) is 6.61 Å². The molecule has 1 fully saturated rings. The number of aliphatic hydroxyl groups is 1.